The summed E-state index contributed by atoms with van der Waals surface area (Å²) in [6, 6.07) is 12.4. The number of aromatic nitrogens is 4. The van der Waals surface area contributed by atoms with Gasteiger partial charge < -0.3 is 19.3 Å². The largest absolute Gasteiger partial charge is 0.573 e. The molecule has 1 atom stereocenters. The molecule has 220 valence electrons. The lowest BCUT2D eigenvalue weighted by Crippen LogP contribution is -2.40. The van der Waals surface area contributed by atoms with Crippen molar-refractivity contribution in [3.05, 3.63) is 80.5 Å². The molecule has 0 aliphatic carbocycles. The molecule has 0 aliphatic heterocycles. The van der Waals surface area contributed by atoms with Gasteiger partial charge in [-0.3, -0.25) is 18.5 Å². The Morgan fingerprint density at radius 2 is 1.76 bits per heavy atom. The first-order valence-corrected chi connectivity index (χ1v) is 13.0. The summed E-state index contributed by atoms with van der Waals surface area (Å²) in [6.45, 7) is 4.04. The first kappa shape index (κ1) is 29.9. The van der Waals surface area contributed by atoms with Gasteiger partial charge in [0, 0.05) is 19.7 Å². The van der Waals surface area contributed by atoms with Crippen molar-refractivity contribution in [2.24, 2.45) is 7.05 Å². The van der Waals surface area contributed by atoms with E-state index in [2.05, 4.69) is 9.72 Å². The molecule has 0 spiro atoms. The molecule has 0 saturated heterocycles. The van der Waals surface area contributed by atoms with Crippen LogP contribution in [0.1, 0.15) is 30.9 Å². The molecule has 10 nitrogen and oxygen atoms in total. The summed E-state index contributed by atoms with van der Waals surface area (Å²) >= 11 is 0. The van der Waals surface area contributed by atoms with Gasteiger partial charge in [-0.2, -0.15) is 4.98 Å². The first-order chi connectivity index (χ1) is 19.5. The summed E-state index contributed by atoms with van der Waals surface area (Å²) in [5.41, 5.74) is 0.799. The SMILES string of the molecule is CCC(CCn1c(=O)c2c(nc(Oc3cccc(OC(F)(F)F)c3)n2Cc2ccc(C)cc2)n(C)c1=O)OCCO. The molecule has 4 aromatic rings. The number of rotatable bonds is 12. The van der Waals surface area contributed by atoms with E-state index >= 15 is 0 Å². The summed E-state index contributed by atoms with van der Waals surface area (Å²) in [5.74, 6) is -0.496. The maximum atomic E-state index is 13.8. The molecule has 1 unspecified atom stereocenters. The molecular formula is C28H31F3N4O6. The molecule has 0 aliphatic rings. The number of hydrogen-bond donors (Lipinski definition) is 1. The van der Waals surface area contributed by atoms with Crippen LogP contribution in [0.3, 0.4) is 0 Å². The predicted molar refractivity (Wildman–Crippen MR) is 144 cm³/mol. The zero-order valence-corrected chi connectivity index (χ0v) is 22.8. The van der Waals surface area contributed by atoms with Crippen molar-refractivity contribution in [3.8, 4) is 17.5 Å². The molecular weight excluding hydrogens is 545 g/mol. The standard InChI is InChI=1S/C28H31F3N4O6/c1-4-20(39-15-14-36)12-13-34-25(37)23-24(33(3)27(34)38)32-26(35(23)17-19-10-8-18(2)9-11-19)40-21-6-5-7-22(16-21)41-28(29,30)31/h5-11,16,20,36H,4,12-15,17H2,1-3H3. The molecule has 2 aromatic carbocycles. The molecule has 2 aromatic heterocycles. The lowest BCUT2D eigenvalue weighted by atomic mass is 10.1. The van der Waals surface area contributed by atoms with E-state index in [9.17, 15) is 22.8 Å². The molecule has 0 fully saturated rings. The van der Waals surface area contributed by atoms with Crippen LogP contribution in [0.4, 0.5) is 13.2 Å². The Morgan fingerprint density at radius 3 is 2.41 bits per heavy atom. The minimum absolute atomic E-state index is 0.00985. The number of aliphatic hydroxyl groups excluding tert-OH is 1. The fraction of sp³-hybridized carbons (Fsp3) is 0.393. The molecule has 0 saturated carbocycles. The Kier molecular flexibility index (Phi) is 9.18. The van der Waals surface area contributed by atoms with E-state index in [1.54, 1.807) is 0 Å². The average Bonchev–Trinajstić information content (AvgIpc) is 3.27. The third kappa shape index (κ3) is 7.16. The van der Waals surface area contributed by atoms with Gasteiger partial charge in [0.15, 0.2) is 11.2 Å². The number of ether oxygens (including phenoxy) is 3. The number of halogens is 3. The highest BCUT2D eigenvalue weighted by molar-refractivity contribution is 5.72. The van der Waals surface area contributed by atoms with Crippen LogP contribution in [0.25, 0.3) is 11.2 Å². The van der Waals surface area contributed by atoms with Crippen LogP contribution in [0.5, 0.6) is 17.5 Å². The molecule has 2 heterocycles. The number of hydrogen-bond acceptors (Lipinski definition) is 7. The van der Waals surface area contributed by atoms with Crippen molar-refractivity contribution in [2.45, 2.75) is 52.2 Å². The van der Waals surface area contributed by atoms with Gasteiger partial charge in [-0.15, -0.1) is 13.2 Å². The van der Waals surface area contributed by atoms with Crippen LogP contribution in [-0.4, -0.2) is 49.5 Å². The summed E-state index contributed by atoms with van der Waals surface area (Å²) in [4.78, 5) is 31.4. The topological polar surface area (TPSA) is 110 Å². The van der Waals surface area contributed by atoms with Crippen molar-refractivity contribution in [1.82, 2.24) is 18.7 Å². The minimum atomic E-state index is -4.89. The zero-order chi connectivity index (χ0) is 29.7. The van der Waals surface area contributed by atoms with Crippen LogP contribution in [0.15, 0.2) is 58.1 Å². The smallest absolute Gasteiger partial charge is 0.425 e. The number of aliphatic hydroxyl groups is 1. The summed E-state index contributed by atoms with van der Waals surface area (Å²) < 4.78 is 57.6. The maximum absolute atomic E-state index is 13.8. The van der Waals surface area contributed by atoms with Gasteiger partial charge in [0.1, 0.15) is 11.5 Å². The van der Waals surface area contributed by atoms with E-state index in [0.717, 1.165) is 27.8 Å². The Balaban J connectivity index is 1.81. The Labute approximate surface area is 233 Å². The van der Waals surface area contributed by atoms with E-state index in [0.29, 0.717) is 12.8 Å². The predicted octanol–water partition coefficient (Wildman–Crippen LogP) is 4.12. The number of aryl methyl sites for hydroxylation is 2. The monoisotopic (exact) mass is 576 g/mol. The van der Waals surface area contributed by atoms with E-state index < -0.39 is 23.4 Å². The second kappa shape index (κ2) is 12.6. The van der Waals surface area contributed by atoms with E-state index in [1.807, 2.05) is 38.1 Å². The Hall–Kier alpha value is -4.10. The van der Waals surface area contributed by atoms with Crippen molar-refractivity contribution in [3.63, 3.8) is 0 Å². The first-order valence-electron chi connectivity index (χ1n) is 13.0. The van der Waals surface area contributed by atoms with Crippen molar-refractivity contribution >= 4 is 11.2 Å². The average molecular weight is 577 g/mol. The summed E-state index contributed by atoms with van der Waals surface area (Å²) in [5, 5.41) is 9.07. The fourth-order valence-corrected chi connectivity index (χ4v) is 4.39. The molecule has 1 N–H and O–H groups in total. The van der Waals surface area contributed by atoms with Crippen LogP contribution in [0, 0.1) is 6.92 Å². The van der Waals surface area contributed by atoms with Crippen LogP contribution in [0.2, 0.25) is 0 Å². The second-order valence-electron chi connectivity index (χ2n) is 9.47. The van der Waals surface area contributed by atoms with Crippen molar-refractivity contribution in [2.75, 3.05) is 13.2 Å². The van der Waals surface area contributed by atoms with Crippen LogP contribution < -0.4 is 20.7 Å². The van der Waals surface area contributed by atoms with Crippen LogP contribution >= 0.6 is 0 Å². The number of fused-ring (bicyclic) bond motifs is 1. The van der Waals surface area contributed by atoms with Crippen molar-refractivity contribution < 1.29 is 32.5 Å². The van der Waals surface area contributed by atoms with E-state index in [4.69, 9.17) is 14.6 Å². The molecule has 4 rings (SSSR count). The lowest BCUT2D eigenvalue weighted by molar-refractivity contribution is -0.274. The molecule has 0 radical (unpaired) electrons. The van der Waals surface area contributed by atoms with Gasteiger partial charge in [0.25, 0.3) is 5.56 Å². The van der Waals surface area contributed by atoms with Crippen molar-refractivity contribution in [1.29, 1.82) is 0 Å². The van der Waals surface area contributed by atoms with Gasteiger partial charge in [-0.05, 0) is 37.5 Å². The maximum Gasteiger partial charge on any atom is 0.573 e. The van der Waals surface area contributed by atoms with Gasteiger partial charge in [-0.25, -0.2) is 4.79 Å². The van der Waals surface area contributed by atoms with Gasteiger partial charge in [0.05, 0.1) is 25.9 Å². The Bertz CT molecular complexity index is 1610. The van der Waals surface area contributed by atoms with E-state index in [1.165, 1.54) is 28.3 Å². The van der Waals surface area contributed by atoms with Gasteiger partial charge in [0.2, 0.25) is 0 Å². The quantitative estimate of drug-likeness (QED) is 0.270. The summed E-state index contributed by atoms with van der Waals surface area (Å²) in [6.07, 6.45) is -4.17. The molecule has 13 heteroatoms. The van der Waals surface area contributed by atoms with Crippen LogP contribution in [-0.2, 0) is 24.9 Å². The second-order valence-corrected chi connectivity index (χ2v) is 9.47. The normalized spacial score (nSPS) is 12.6. The number of benzene rings is 2. The molecule has 41 heavy (non-hydrogen) atoms. The number of alkyl halides is 3. The number of imidazole rings is 1. The highest BCUT2D eigenvalue weighted by Gasteiger charge is 2.31. The highest BCUT2D eigenvalue weighted by Crippen LogP contribution is 2.30. The molecule has 0 amide bonds. The fourth-order valence-electron chi connectivity index (χ4n) is 4.39. The van der Waals surface area contributed by atoms with E-state index in [-0.39, 0.29) is 55.3 Å². The summed E-state index contributed by atoms with van der Waals surface area (Å²) in [7, 11) is 1.48. The highest BCUT2D eigenvalue weighted by atomic mass is 19.4. The zero-order valence-electron chi connectivity index (χ0n) is 22.8. The minimum Gasteiger partial charge on any atom is -0.425 e. The van der Waals surface area contributed by atoms with Gasteiger partial charge in [-0.1, -0.05) is 42.8 Å². The molecule has 0 bridgehead atoms. The lowest BCUT2D eigenvalue weighted by Gasteiger charge is -2.16. The third-order valence-electron chi connectivity index (χ3n) is 6.48. The third-order valence-corrected chi connectivity index (χ3v) is 6.48. The van der Waals surface area contributed by atoms with Gasteiger partial charge >= 0.3 is 18.1 Å². The number of nitrogens with zero attached hydrogens (tertiary/aromatic N) is 4. The Morgan fingerprint density at radius 1 is 1.05 bits per heavy atom.